The number of amides is 2. The van der Waals surface area contributed by atoms with E-state index in [4.69, 9.17) is 4.74 Å². The van der Waals surface area contributed by atoms with Gasteiger partial charge in [-0.05, 0) is 6.42 Å². The standard InChI is InChI=1S/C19H28N6O3/c26-18(24-5-3-23(4-6-24)17-14-20-1-2-22-17)15-11-16(13-21-12-15)19(27)25-7-9-28-10-8-25/h1-2,14-16,21H,3-13H2. The molecule has 2 amide bonds. The molecule has 9 heteroatoms. The van der Waals surface area contributed by atoms with Crippen LogP contribution in [0.1, 0.15) is 6.42 Å². The third-order valence-corrected chi connectivity index (χ3v) is 5.84. The van der Waals surface area contributed by atoms with Crippen LogP contribution < -0.4 is 10.2 Å². The van der Waals surface area contributed by atoms with E-state index in [0.29, 0.717) is 58.9 Å². The van der Waals surface area contributed by atoms with Crippen LogP contribution in [0.4, 0.5) is 5.82 Å². The van der Waals surface area contributed by atoms with Gasteiger partial charge >= 0.3 is 0 Å². The first-order valence-electron chi connectivity index (χ1n) is 10.1. The molecule has 0 radical (unpaired) electrons. The van der Waals surface area contributed by atoms with Crippen molar-refractivity contribution in [3.05, 3.63) is 18.6 Å². The van der Waals surface area contributed by atoms with Gasteiger partial charge in [0.05, 0.1) is 31.2 Å². The van der Waals surface area contributed by atoms with E-state index in [0.717, 1.165) is 18.9 Å². The van der Waals surface area contributed by atoms with E-state index in [-0.39, 0.29) is 23.7 Å². The highest BCUT2D eigenvalue weighted by molar-refractivity contribution is 5.83. The van der Waals surface area contributed by atoms with Gasteiger partial charge in [-0.2, -0.15) is 0 Å². The zero-order valence-corrected chi connectivity index (χ0v) is 16.1. The van der Waals surface area contributed by atoms with Crippen LogP contribution in [0.25, 0.3) is 0 Å². The van der Waals surface area contributed by atoms with Gasteiger partial charge in [-0.1, -0.05) is 0 Å². The minimum absolute atomic E-state index is 0.123. The largest absolute Gasteiger partial charge is 0.378 e. The Labute approximate surface area is 165 Å². The number of nitrogens with zero attached hydrogens (tertiary/aromatic N) is 5. The molecule has 28 heavy (non-hydrogen) atoms. The quantitative estimate of drug-likeness (QED) is 0.726. The summed E-state index contributed by atoms with van der Waals surface area (Å²) in [7, 11) is 0. The number of hydrogen-bond donors (Lipinski definition) is 1. The number of ether oxygens (including phenoxy) is 1. The lowest BCUT2D eigenvalue weighted by atomic mass is 9.88. The molecule has 4 rings (SSSR count). The van der Waals surface area contributed by atoms with Crippen molar-refractivity contribution < 1.29 is 14.3 Å². The van der Waals surface area contributed by atoms with Crippen molar-refractivity contribution in [3.63, 3.8) is 0 Å². The topological polar surface area (TPSA) is 90.9 Å². The van der Waals surface area contributed by atoms with E-state index in [9.17, 15) is 9.59 Å². The van der Waals surface area contributed by atoms with Gasteiger partial charge in [-0.25, -0.2) is 4.98 Å². The first-order valence-corrected chi connectivity index (χ1v) is 10.1. The second-order valence-corrected chi connectivity index (χ2v) is 7.60. The maximum atomic E-state index is 13.0. The number of anilines is 1. The lowest BCUT2D eigenvalue weighted by Crippen LogP contribution is -2.55. The molecule has 9 nitrogen and oxygen atoms in total. The van der Waals surface area contributed by atoms with Crippen molar-refractivity contribution in [2.24, 2.45) is 11.8 Å². The maximum absolute atomic E-state index is 13.0. The predicted molar refractivity (Wildman–Crippen MR) is 103 cm³/mol. The van der Waals surface area contributed by atoms with Crippen molar-refractivity contribution in [2.45, 2.75) is 6.42 Å². The summed E-state index contributed by atoms with van der Waals surface area (Å²) in [6.45, 7) is 6.66. The lowest BCUT2D eigenvalue weighted by molar-refractivity contribution is -0.143. The Bertz CT molecular complexity index is 674. The Morgan fingerprint density at radius 2 is 1.57 bits per heavy atom. The molecule has 4 heterocycles. The number of piperazine rings is 1. The molecule has 1 aromatic rings. The number of rotatable bonds is 3. The van der Waals surface area contributed by atoms with E-state index in [1.54, 1.807) is 18.6 Å². The van der Waals surface area contributed by atoms with Gasteiger partial charge in [0.25, 0.3) is 0 Å². The fourth-order valence-corrected chi connectivity index (χ4v) is 4.23. The van der Waals surface area contributed by atoms with E-state index >= 15 is 0 Å². The highest BCUT2D eigenvalue weighted by Crippen LogP contribution is 2.22. The van der Waals surface area contributed by atoms with Gasteiger partial charge in [0.15, 0.2) is 0 Å². The number of nitrogens with one attached hydrogen (secondary N) is 1. The molecule has 0 saturated carbocycles. The molecule has 3 saturated heterocycles. The summed E-state index contributed by atoms with van der Waals surface area (Å²) in [5.41, 5.74) is 0. The molecule has 3 fully saturated rings. The zero-order valence-electron chi connectivity index (χ0n) is 16.1. The molecule has 3 aliphatic rings. The van der Waals surface area contributed by atoms with Crippen molar-refractivity contribution in [3.8, 4) is 0 Å². The summed E-state index contributed by atoms with van der Waals surface area (Å²) in [6, 6.07) is 0. The SMILES string of the molecule is O=C(C1CNCC(C(=O)N2CCN(c3cnccn3)CC2)C1)N1CCOCC1. The minimum Gasteiger partial charge on any atom is -0.378 e. The van der Waals surface area contributed by atoms with Crippen LogP contribution >= 0.6 is 0 Å². The van der Waals surface area contributed by atoms with Crippen molar-refractivity contribution in [2.75, 3.05) is 70.5 Å². The highest BCUT2D eigenvalue weighted by Gasteiger charge is 2.36. The van der Waals surface area contributed by atoms with Gasteiger partial charge in [0.1, 0.15) is 5.82 Å². The average molecular weight is 388 g/mol. The van der Waals surface area contributed by atoms with Crippen LogP contribution in [-0.2, 0) is 14.3 Å². The van der Waals surface area contributed by atoms with Crippen LogP contribution in [0.15, 0.2) is 18.6 Å². The van der Waals surface area contributed by atoms with Crippen LogP contribution in [0.3, 0.4) is 0 Å². The number of carbonyl (C=O) groups is 2. The van der Waals surface area contributed by atoms with E-state index in [2.05, 4.69) is 20.2 Å². The summed E-state index contributed by atoms with van der Waals surface area (Å²) in [4.78, 5) is 40.2. The minimum atomic E-state index is -0.133. The highest BCUT2D eigenvalue weighted by atomic mass is 16.5. The van der Waals surface area contributed by atoms with Crippen LogP contribution in [0.2, 0.25) is 0 Å². The smallest absolute Gasteiger partial charge is 0.227 e. The molecule has 0 aliphatic carbocycles. The van der Waals surface area contributed by atoms with Gasteiger partial charge in [-0.15, -0.1) is 0 Å². The zero-order chi connectivity index (χ0) is 19.3. The normalized spacial score (nSPS) is 26.2. The lowest BCUT2D eigenvalue weighted by Gasteiger charge is -2.39. The molecule has 152 valence electrons. The average Bonchev–Trinajstić information content (AvgIpc) is 2.79. The second kappa shape index (κ2) is 8.83. The van der Waals surface area contributed by atoms with E-state index in [1.165, 1.54) is 0 Å². The van der Waals surface area contributed by atoms with Crippen molar-refractivity contribution in [1.29, 1.82) is 0 Å². The Kier molecular flexibility index (Phi) is 6.01. The Balaban J connectivity index is 1.30. The summed E-state index contributed by atoms with van der Waals surface area (Å²) in [6.07, 6.45) is 5.73. The summed E-state index contributed by atoms with van der Waals surface area (Å²) in [5, 5.41) is 3.30. The molecule has 1 N–H and O–H groups in total. The molecule has 0 bridgehead atoms. The monoisotopic (exact) mass is 388 g/mol. The van der Waals surface area contributed by atoms with Gasteiger partial charge < -0.3 is 24.8 Å². The summed E-state index contributed by atoms with van der Waals surface area (Å²) >= 11 is 0. The first kappa shape index (κ1) is 19.1. The van der Waals surface area contributed by atoms with E-state index < -0.39 is 0 Å². The predicted octanol–water partition coefficient (Wildman–Crippen LogP) is -0.790. The third-order valence-electron chi connectivity index (χ3n) is 5.84. The fourth-order valence-electron chi connectivity index (χ4n) is 4.23. The second-order valence-electron chi connectivity index (χ2n) is 7.60. The summed E-state index contributed by atoms with van der Waals surface area (Å²) in [5.74, 6) is 0.908. The number of carbonyl (C=O) groups excluding carboxylic acids is 2. The molecule has 2 atom stereocenters. The number of piperidine rings is 1. The molecular weight excluding hydrogens is 360 g/mol. The Hall–Kier alpha value is -2.26. The molecular formula is C19H28N6O3. The molecule has 1 aromatic heterocycles. The van der Waals surface area contributed by atoms with Crippen LogP contribution in [0, 0.1) is 11.8 Å². The van der Waals surface area contributed by atoms with Crippen LogP contribution in [0.5, 0.6) is 0 Å². The molecule has 3 aliphatic heterocycles. The molecule has 2 unspecified atom stereocenters. The third kappa shape index (κ3) is 4.25. The molecule has 0 aromatic carbocycles. The van der Waals surface area contributed by atoms with Gasteiger partial charge in [0.2, 0.25) is 11.8 Å². The van der Waals surface area contributed by atoms with Crippen molar-refractivity contribution >= 4 is 17.6 Å². The fraction of sp³-hybridized carbons (Fsp3) is 0.684. The van der Waals surface area contributed by atoms with Gasteiger partial charge in [-0.3, -0.25) is 14.6 Å². The van der Waals surface area contributed by atoms with Crippen LogP contribution in [-0.4, -0.2) is 97.2 Å². The maximum Gasteiger partial charge on any atom is 0.227 e. The van der Waals surface area contributed by atoms with E-state index in [1.807, 2.05) is 9.80 Å². The Morgan fingerprint density at radius 1 is 0.929 bits per heavy atom. The number of aromatic nitrogens is 2. The number of morpholine rings is 1. The Morgan fingerprint density at radius 3 is 2.18 bits per heavy atom. The van der Waals surface area contributed by atoms with Crippen molar-refractivity contribution in [1.82, 2.24) is 25.1 Å². The molecule has 0 spiro atoms. The summed E-state index contributed by atoms with van der Waals surface area (Å²) < 4.78 is 5.33. The number of hydrogen-bond acceptors (Lipinski definition) is 7. The first-order chi connectivity index (χ1) is 13.7. The van der Waals surface area contributed by atoms with Gasteiger partial charge in [0, 0.05) is 64.8 Å².